The van der Waals surface area contributed by atoms with Crippen LogP contribution in [0.15, 0.2) is 48.5 Å². The highest BCUT2D eigenvalue weighted by molar-refractivity contribution is 6.00. The average Bonchev–Trinajstić information content (AvgIpc) is 2.68. The van der Waals surface area contributed by atoms with Crippen molar-refractivity contribution in [1.29, 1.82) is 0 Å². The van der Waals surface area contributed by atoms with E-state index in [9.17, 15) is 14.4 Å². The molecule has 0 heterocycles. The molecule has 0 atom stereocenters. The van der Waals surface area contributed by atoms with E-state index in [1.54, 1.807) is 55.5 Å². The minimum Gasteiger partial charge on any atom is -0.494 e. The summed E-state index contributed by atoms with van der Waals surface area (Å²) in [5, 5.41) is 7.94. The SMILES string of the molecule is CCOc1ccc(NC(=O)CNC(=O)c2cccc(NC(=O)CC)c2)cc1. The zero-order chi connectivity index (χ0) is 19.6. The molecule has 3 amide bonds. The molecule has 2 aromatic carbocycles. The molecule has 0 aliphatic carbocycles. The van der Waals surface area contributed by atoms with Gasteiger partial charge >= 0.3 is 0 Å². The van der Waals surface area contributed by atoms with Crippen LogP contribution >= 0.6 is 0 Å². The van der Waals surface area contributed by atoms with Crippen molar-refractivity contribution >= 4 is 29.1 Å². The second kappa shape index (κ2) is 9.96. The Bertz CT molecular complexity index is 803. The van der Waals surface area contributed by atoms with Gasteiger partial charge in [0.2, 0.25) is 11.8 Å². The Kier molecular flexibility index (Phi) is 7.37. The summed E-state index contributed by atoms with van der Waals surface area (Å²) in [6, 6.07) is 13.5. The maximum Gasteiger partial charge on any atom is 0.251 e. The summed E-state index contributed by atoms with van der Waals surface area (Å²) in [5.74, 6) is -0.159. The number of anilines is 2. The number of rotatable bonds is 8. The van der Waals surface area contributed by atoms with E-state index in [0.29, 0.717) is 30.0 Å². The summed E-state index contributed by atoms with van der Waals surface area (Å²) >= 11 is 0. The minimum absolute atomic E-state index is 0.137. The average molecular weight is 369 g/mol. The first-order valence-electron chi connectivity index (χ1n) is 8.72. The van der Waals surface area contributed by atoms with Gasteiger partial charge in [-0.25, -0.2) is 0 Å². The molecule has 27 heavy (non-hydrogen) atoms. The number of carbonyl (C=O) groups is 3. The maximum absolute atomic E-state index is 12.2. The third-order valence-corrected chi connectivity index (χ3v) is 3.59. The lowest BCUT2D eigenvalue weighted by Crippen LogP contribution is -2.32. The first-order valence-corrected chi connectivity index (χ1v) is 8.72. The Morgan fingerprint density at radius 3 is 2.26 bits per heavy atom. The molecule has 7 nitrogen and oxygen atoms in total. The number of hydrogen-bond acceptors (Lipinski definition) is 4. The van der Waals surface area contributed by atoms with Gasteiger partial charge in [-0.1, -0.05) is 13.0 Å². The van der Waals surface area contributed by atoms with Gasteiger partial charge in [-0.15, -0.1) is 0 Å². The van der Waals surface area contributed by atoms with Gasteiger partial charge in [-0.2, -0.15) is 0 Å². The molecule has 0 aliphatic rings. The minimum atomic E-state index is -0.399. The molecule has 0 bridgehead atoms. The molecule has 0 saturated heterocycles. The third-order valence-electron chi connectivity index (χ3n) is 3.59. The predicted molar refractivity (Wildman–Crippen MR) is 104 cm³/mol. The van der Waals surface area contributed by atoms with Crippen LogP contribution < -0.4 is 20.7 Å². The molecule has 3 N–H and O–H groups in total. The molecule has 142 valence electrons. The largest absolute Gasteiger partial charge is 0.494 e. The van der Waals surface area contributed by atoms with E-state index in [-0.39, 0.29) is 18.4 Å². The van der Waals surface area contributed by atoms with E-state index in [2.05, 4.69) is 16.0 Å². The van der Waals surface area contributed by atoms with E-state index in [1.165, 1.54) is 0 Å². The summed E-state index contributed by atoms with van der Waals surface area (Å²) in [6.45, 7) is 4.04. The van der Waals surface area contributed by atoms with E-state index < -0.39 is 5.91 Å². The normalized spacial score (nSPS) is 10.0. The predicted octanol–water partition coefficient (Wildman–Crippen LogP) is 2.80. The number of hydrogen-bond donors (Lipinski definition) is 3. The van der Waals surface area contributed by atoms with Crippen molar-refractivity contribution in [3.05, 3.63) is 54.1 Å². The van der Waals surface area contributed by atoms with Gasteiger partial charge in [-0.3, -0.25) is 14.4 Å². The summed E-state index contributed by atoms with van der Waals surface area (Å²) in [5.41, 5.74) is 1.51. The van der Waals surface area contributed by atoms with E-state index in [4.69, 9.17) is 4.74 Å². The van der Waals surface area contributed by atoms with Crippen molar-refractivity contribution in [2.45, 2.75) is 20.3 Å². The molecule has 0 fully saturated rings. The summed E-state index contributed by atoms with van der Waals surface area (Å²) < 4.78 is 5.34. The standard InChI is InChI=1S/C20H23N3O4/c1-3-18(24)23-16-7-5-6-14(12-16)20(26)21-13-19(25)22-15-8-10-17(11-9-15)27-4-2/h5-12H,3-4,13H2,1-2H3,(H,21,26)(H,22,25)(H,23,24). The van der Waals surface area contributed by atoms with Crippen molar-refractivity contribution in [3.8, 4) is 5.75 Å². The zero-order valence-corrected chi connectivity index (χ0v) is 15.4. The van der Waals surface area contributed by atoms with Gasteiger partial charge in [0.05, 0.1) is 13.2 Å². The van der Waals surface area contributed by atoms with Crippen LogP contribution in [-0.2, 0) is 9.59 Å². The van der Waals surface area contributed by atoms with Crippen LogP contribution in [0.1, 0.15) is 30.6 Å². The van der Waals surface area contributed by atoms with E-state index in [1.807, 2.05) is 6.92 Å². The van der Waals surface area contributed by atoms with Crippen LogP contribution in [0.2, 0.25) is 0 Å². The molecule has 0 saturated carbocycles. The number of nitrogens with one attached hydrogen (secondary N) is 3. The van der Waals surface area contributed by atoms with Crippen molar-refractivity contribution in [3.63, 3.8) is 0 Å². The molecule has 0 radical (unpaired) electrons. The Morgan fingerprint density at radius 2 is 1.59 bits per heavy atom. The third kappa shape index (κ3) is 6.47. The topological polar surface area (TPSA) is 96.5 Å². The molecule has 2 rings (SSSR count). The smallest absolute Gasteiger partial charge is 0.251 e. The van der Waals surface area contributed by atoms with Gasteiger partial charge in [0, 0.05) is 23.4 Å². The van der Waals surface area contributed by atoms with Crippen molar-refractivity contribution in [2.24, 2.45) is 0 Å². The molecule has 0 aliphatic heterocycles. The molecule has 7 heteroatoms. The van der Waals surface area contributed by atoms with Gasteiger partial charge in [-0.05, 0) is 49.4 Å². The Morgan fingerprint density at radius 1 is 0.889 bits per heavy atom. The van der Waals surface area contributed by atoms with Crippen LogP contribution in [0.25, 0.3) is 0 Å². The van der Waals surface area contributed by atoms with Crippen LogP contribution in [0, 0.1) is 0 Å². The summed E-state index contributed by atoms with van der Waals surface area (Å²) in [7, 11) is 0. The zero-order valence-electron chi connectivity index (χ0n) is 15.4. The number of amides is 3. The maximum atomic E-state index is 12.2. The van der Waals surface area contributed by atoms with Gasteiger partial charge in [0.15, 0.2) is 0 Å². The fourth-order valence-corrected chi connectivity index (χ4v) is 2.26. The fraction of sp³-hybridized carbons (Fsp3) is 0.250. The summed E-state index contributed by atoms with van der Waals surface area (Å²) in [4.78, 5) is 35.6. The van der Waals surface area contributed by atoms with Crippen LogP contribution in [0.3, 0.4) is 0 Å². The van der Waals surface area contributed by atoms with Crippen LogP contribution in [-0.4, -0.2) is 30.9 Å². The van der Waals surface area contributed by atoms with Crippen molar-refractivity contribution in [2.75, 3.05) is 23.8 Å². The van der Waals surface area contributed by atoms with Crippen molar-refractivity contribution in [1.82, 2.24) is 5.32 Å². The number of ether oxygens (including phenoxy) is 1. The van der Waals surface area contributed by atoms with Gasteiger partial charge in [0.25, 0.3) is 5.91 Å². The monoisotopic (exact) mass is 369 g/mol. The second-order valence-corrected chi connectivity index (χ2v) is 5.67. The first kappa shape index (κ1) is 20.0. The van der Waals surface area contributed by atoms with Gasteiger partial charge < -0.3 is 20.7 Å². The number of carbonyl (C=O) groups excluding carboxylic acids is 3. The molecule has 0 spiro atoms. The Hall–Kier alpha value is -3.35. The first-order chi connectivity index (χ1) is 13.0. The van der Waals surface area contributed by atoms with Crippen molar-refractivity contribution < 1.29 is 19.1 Å². The Labute approximate surface area is 158 Å². The summed E-state index contributed by atoms with van der Waals surface area (Å²) in [6.07, 6.45) is 0.349. The Balaban J connectivity index is 1.86. The van der Waals surface area contributed by atoms with Crippen LogP contribution in [0.4, 0.5) is 11.4 Å². The molecule has 2 aromatic rings. The lowest BCUT2D eigenvalue weighted by molar-refractivity contribution is -0.116. The lowest BCUT2D eigenvalue weighted by atomic mass is 10.2. The highest BCUT2D eigenvalue weighted by Crippen LogP contribution is 2.15. The molecular weight excluding hydrogens is 346 g/mol. The molecule has 0 aromatic heterocycles. The van der Waals surface area contributed by atoms with E-state index >= 15 is 0 Å². The highest BCUT2D eigenvalue weighted by atomic mass is 16.5. The molecular formula is C20H23N3O4. The second-order valence-electron chi connectivity index (χ2n) is 5.67. The lowest BCUT2D eigenvalue weighted by Gasteiger charge is -2.09. The fourth-order valence-electron chi connectivity index (χ4n) is 2.26. The molecule has 0 unspecified atom stereocenters. The van der Waals surface area contributed by atoms with E-state index in [0.717, 1.165) is 5.75 Å². The quantitative estimate of drug-likeness (QED) is 0.667. The van der Waals surface area contributed by atoms with Crippen LogP contribution in [0.5, 0.6) is 5.75 Å². The number of benzene rings is 2. The van der Waals surface area contributed by atoms with Gasteiger partial charge in [0.1, 0.15) is 5.75 Å². The highest BCUT2D eigenvalue weighted by Gasteiger charge is 2.10.